The van der Waals surface area contributed by atoms with E-state index in [1.165, 1.54) is 0 Å². The van der Waals surface area contributed by atoms with E-state index >= 15 is 0 Å². The van der Waals surface area contributed by atoms with Crippen molar-refractivity contribution in [2.24, 2.45) is 35.0 Å². The Morgan fingerprint density at radius 3 is 2.42 bits per heavy atom. The molecule has 3 aliphatic carbocycles. The largest absolute Gasteiger partial charge is 0.396 e. The number of fused-ring (bicyclic) bond motifs is 1. The van der Waals surface area contributed by atoms with Crippen LogP contribution in [-0.4, -0.2) is 52.6 Å². The first-order chi connectivity index (χ1) is 12.2. The normalized spacial score (nSPS) is 53.8. The summed E-state index contributed by atoms with van der Waals surface area (Å²) in [6, 6.07) is 0. The highest BCUT2D eigenvalue weighted by molar-refractivity contribution is 5.08. The minimum absolute atomic E-state index is 0.0691. The molecule has 1 heterocycles. The van der Waals surface area contributed by atoms with Crippen molar-refractivity contribution in [1.82, 2.24) is 0 Å². The van der Waals surface area contributed by atoms with Gasteiger partial charge < -0.3 is 24.8 Å². The summed E-state index contributed by atoms with van der Waals surface area (Å²) in [5.74, 6) is 0.448. The average molecular weight is 369 g/mol. The predicted octanol–water partition coefficient (Wildman–Crippen LogP) is 2.32. The zero-order chi connectivity index (χ0) is 18.7. The van der Waals surface area contributed by atoms with Gasteiger partial charge in [-0.2, -0.15) is 0 Å². The van der Waals surface area contributed by atoms with Gasteiger partial charge in [0.1, 0.15) is 0 Å². The second-order valence-electron chi connectivity index (χ2n) is 10.1. The van der Waals surface area contributed by atoms with Gasteiger partial charge in [-0.25, -0.2) is 0 Å². The van der Waals surface area contributed by atoms with Crippen LogP contribution in [0.4, 0.5) is 0 Å². The monoisotopic (exact) mass is 368 g/mol. The number of ether oxygens (including phenoxy) is 2. The number of aliphatic hydroxyl groups is 3. The Balaban J connectivity index is 1.58. The predicted molar refractivity (Wildman–Crippen MR) is 97.3 cm³/mol. The summed E-state index contributed by atoms with van der Waals surface area (Å²) in [5, 5.41) is 32.3. The van der Waals surface area contributed by atoms with Crippen molar-refractivity contribution < 1.29 is 24.8 Å². The molecule has 4 aliphatic rings. The van der Waals surface area contributed by atoms with Crippen molar-refractivity contribution in [3.63, 3.8) is 0 Å². The Morgan fingerprint density at radius 2 is 1.77 bits per heavy atom. The topological polar surface area (TPSA) is 79.2 Å². The summed E-state index contributed by atoms with van der Waals surface area (Å²) in [5.41, 5.74) is -0.780. The van der Waals surface area contributed by atoms with Gasteiger partial charge in [-0.3, -0.25) is 0 Å². The maximum absolute atomic E-state index is 11.3. The zero-order valence-electron chi connectivity index (χ0n) is 16.5. The Hall–Kier alpha value is -0.200. The zero-order valence-corrected chi connectivity index (χ0v) is 16.5. The van der Waals surface area contributed by atoms with E-state index in [9.17, 15) is 15.3 Å². The molecule has 5 heteroatoms. The van der Waals surface area contributed by atoms with Gasteiger partial charge in [0, 0.05) is 19.4 Å². The Bertz CT molecular complexity index is 528. The van der Waals surface area contributed by atoms with Gasteiger partial charge in [0.2, 0.25) is 0 Å². The molecule has 3 N–H and O–H groups in total. The highest BCUT2D eigenvalue weighted by atomic mass is 16.7. The second-order valence-corrected chi connectivity index (χ2v) is 10.1. The van der Waals surface area contributed by atoms with Crippen molar-refractivity contribution in [1.29, 1.82) is 0 Å². The van der Waals surface area contributed by atoms with Gasteiger partial charge in [0.25, 0.3) is 0 Å². The summed E-state index contributed by atoms with van der Waals surface area (Å²) in [6.07, 6.45) is 4.65. The Kier molecular flexibility index (Phi) is 4.72. The molecular weight excluding hydrogens is 332 g/mol. The van der Waals surface area contributed by atoms with E-state index in [0.29, 0.717) is 25.6 Å². The molecule has 7 unspecified atom stereocenters. The average Bonchev–Trinajstić information content (AvgIpc) is 3.18. The molecule has 1 spiro atoms. The van der Waals surface area contributed by atoms with E-state index in [0.717, 1.165) is 32.1 Å². The fraction of sp³-hybridized carbons (Fsp3) is 1.00. The summed E-state index contributed by atoms with van der Waals surface area (Å²) in [7, 11) is 0. The van der Waals surface area contributed by atoms with Gasteiger partial charge in [-0.15, -0.1) is 0 Å². The lowest BCUT2D eigenvalue weighted by molar-refractivity contribution is -0.228. The third-order valence-corrected chi connectivity index (χ3v) is 8.67. The SMILES string of the molecule is C[C@H]1CC(C2(C)CCC3(CC2CO)OCCO3)C(O)C2CCC(C)(O)C21. The Morgan fingerprint density at radius 1 is 1.08 bits per heavy atom. The number of aliphatic hydroxyl groups excluding tert-OH is 2. The highest BCUT2D eigenvalue weighted by Gasteiger charge is 2.60. The molecular formula is C21H36O5. The smallest absolute Gasteiger partial charge is 0.168 e. The summed E-state index contributed by atoms with van der Waals surface area (Å²) >= 11 is 0. The van der Waals surface area contributed by atoms with Gasteiger partial charge in [-0.1, -0.05) is 13.8 Å². The summed E-state index contributed by atoms with van der Waals surface area (Å²) < 4.78 is 11.8. The summed E-state index contributed by atoms with van der Waals surface area (Å²) in [6.45, 7) is 7.81. The van der Waals surface area contributed by atoms with E-state index in [2.05, 4.69) is 13.8 Å². The van der Waals surface area contributed by atoms with Crippen LogP contribution in [-0.2, 0) is 9.47 Å². The van der Waals surface area contributed by atoms with Crippen LogP contribution in [0.1, 0.15) is 59.3 Å². The van der Waals surface area contributed by atoms with E-state index in [1.807, 2.05) is 6.92 Å². The highest BCUT2D eigenvalue weighted by Crippen LogP contribution is 2.60. The molecule has 8 atom stereocenters. The van der Waals surface area contributed by atoms with E-state index in [4.69, 9.17) is 9.47 Å². The molecule has 4 rings (SSSR count). The van der Waals surface area contributed by atoms with Crippen molar-refractivity contribution >= 4 is 0 Å². The molecule has 150 valence electrons. The lowest BCUT2D eigenvalue weighted by atomic mass is 9.52. The van der Waals surface area contributed by atoms with Crippen LogP contribution in [0.25, 0.3) is 0 Å². The maximum Gasteiger partial charge on any atom is 0.168 e. The summed E-state index contributed by atoms with van der Waals surface area (Å²) in [4.78, 5) is 0. The quantitative estimate of drug-likeness (QED) is 0.697. The Labute approximate surface area is 157 Å². The third-order valence-electron chi connectivity index (χ3n) is 8.67. The van der Waals surface area contributed by atoms with Gasteiger partial charge in [0.05, 0.1) is 24.9 Å². The molecule has 3 saturated carbocycles. The van der Waals surface area contributed by atoms with Crippen LogP contribution >= 0.6 is 0 Å². The number of rotatable bonds is 2. The van der Waals surface area contributed by atoms with Crippen LogP contribution in [0, 0.1) is 35.0 Å². The van der Waals surface area contributed by atoms with Crippen molar-refractivity contribution in [3.05, 3.63) is 0 Å². The minimum Gasteiger partial charge on any atom is -0.396 e. The molecule has 4 fully saturated rings. The second kappa shape index (κ2) is 6.41. The van der Waals surface area contributed by atoms with Crippen LogP contribution < -0.4 is 0 Å². The molecule has 26 heavy (non-hydrogen) atoms. The standard InChI is InChI=1S/C21H36O5/c1-13-10-16(18(23)15-4-5-20(3,24)17(13)15)19(2)6-7-21(11-14(19)12-22)25-8-9-26-21/h13-18,22-24H,4-12H2,1-3H3/t13-,14?,15?,16?,17?,18?,19?,20?/m0/s1. The maximum atomic E-state index is 11.3. The van der Waals surface area contributed by atoms with E-state index in [1.54, 1.807) is 0 Å². The minimum atomic E-state index is -0.657. The van der Waals surface area contributed by atoms with E-state index in [-0.39, 0.29) is 35.7 Å². The molecule has 0 aromatic heterocycles. The van der Waals surface area contributed by atoms with Crippen molar-refractivity contribution in [2.45, 2.75) is 76.8 Å². The third kappa shape index (κ3) is 2.77. The van der Waals surface area contributed by atoms with Gasteiger partial charge in [-0.05, 0) is 67.6 Å². The van der Waals surface area contributed by atoms with Gasteiger partial charge in [0.15, 0.2) is 5.79 Å². The first-order valence-electron chi connectivity index (χ1n) is 10.5. The first kappa shape index (κ1) is 19.1. The molecule has 5 nitrogen and oxygen atoms in total. The first-order valence-corrected chi connectivity index (χ1v) is 10.5. The fourth-order valence-electron chi connectivity index (χ4n) is 7.22. The van der Waals surface area contributed by atoms with Crippen molar-refractivity contribution in [3.8, 4) is 0 Å². The van der Waals surface area contributed by atoms with Crippen molar-refractivity contribution in [2.75, 3.05) is 19.8 Å². The number of hydrogen-bond donors (Lipinski definition) is 3. The molecule has 0 aromatic carbocycles. The molecule has 1 aliphatic heterocycles. The molecule has 0 radical (unpaired) electrons. The van der Waals surface area contributed by atoms with Crippen LogP contribution in [0.3, 0.4) is 0 Å². The van der Waals surface area contributed by atoms with E-state index < -0.39 is 17.5 Å². The lowest BCUT2D eigenvalue weighted by Crippen LogP contribution is -2.56. The number of hydrogen-bond acceptors (Lipinski definition) is 5. The fourth-order valence-corrected chi connectivity index (χ4v) is 7.22. The molecule has 0 bridgehead atoms. The van der Waals surface area contributed by atoms with Gasteiger partial charge >= 0.3 is 0 Å². The molecule has 1 saturated heterocycles. The van der Waals surface area contributed by atoms with Crippen LogP contribution in [0.15, 0.2) is 0 Å². The molecule has 0 amide bonds. The van der Waals surface area contributed by atoms with Crippen LogP contribution in [0.5, 0.6) is 0 Å². The molecule has 0 aromatic rings. The van der Waals surface area contributed by atoms with Crippen LogP contribution in [0.2, 0.25) is 0 Å². The lowest BCUT2D eigenvalue weighted by Gasteiger charge is -2.56.